The highest BCUT2D eigenvalue weighted by Gasteiger charge is 2.16. The first-order valence-electron chi connectivity index (χ1n) is 8.47. The van der Waals surface area contributed by atoms with E-state index in [0.29, 0.717) is 11.3 Å². The maximum absolute atomic E-state index is 12.6. The third-order valence-electron chi connectivity index (χ3n) is 4.53. The largest absolute Gasteiger partial charge is 0.493 e. The second-order valence-electron chi connectivity index (χ2n) is 6.19. The van der Waals surface area contributed by atoms with Gasteiger partial charge in [0.1, 0.15) is 0 Å². The third kappa shape index (κ3) is 3.05. The number of hydrogen-bond donors (Lipinski definition) is 1. The van der Waals surface area contributed by atoms with E-state index in [4.69, 9.17) is 9.15 Å². The molecule has 1 N–H and O–H groups in total. The Hall–Kier alpha value is -2.95. The second kappa shape index (κ2) is 6.51. The van der Waals surface area contributed by atoms with Gasteiger partial charge < -0.3 is 19.4 Å². The Kier molecular flexibility index (Phi) is 4.06. The molecule has 3 aromatic rings. The van der Waals surface area contributed by atoms with E-state index < -0.39 is 0 Å². The lowest BCUT2D eigenvalue weighted by Gasteiger charge is -2.18. The van der Waals surface area contributed by atoms with E-state index in [-0.39, 0.29) is 11.7 Å². The van der Waals surface area contributed by atoms with Crippen LogP contribution < -0.4 is 15.0 Å². The van der Waals surface area contributed by atoms with Crippen molar-refractivity contribution in [1.29, 1.82) is 0 Å². The lowest BCUT2D eigenvalue weighted by atomic mass is 10.2. The molecule has 4 rings (SSSR count). The first-order valence-corrected chi connectivity index (χ1v) is 8.47. The predicted octanol–water partition coefficient (Wildman–Crippen LogP) is 4.29. The van der Waals surface area contributed by atoms with E-state index in [1.807, 2.05) is 36.4 Å². The number of carbonyl (C=O) groups is 1. The molecule has 1 aromatic heterocycles. The molecule has 0 bridgehead atoms. The van der Waals surface area contributed by atoms with Crippen LogP contribution in [-0.2, 0) is 0 Å². The van der Waals surface area contributed by atoms with E-state index in [0.717, 1.165) is 29.9 Å². The topological polar surface area (TPSA) is 54.7 Å². The average Bonchev–Trinajstić information content (AvgIpc) is 3.31. The molecule has 0 atom stereocenters. The van der Waals surface area contributed by atoms with Crippen LogP contribution in [0.2, 0.25) is 0 Å². The van der Waals surface area contributed by atoms with Crippen LogP contribution in [-0.4, -0.2) is 26.1 Å². The number of rotatable bonds is 4. The van der Waals surface area contributed by atoms with Crippen LogP contribution in [0.5, 0.6) is 5.75 Å². The molecule has 0 aliphatic carbocycles. The predicted molar refractivity (Wildman–Crippen MR) is 98.6 cm³/mol. The van der Waals surface area contributed by atoms with Crippen LogP contribution >= 0.6 is 0 Å². The van der Waals surface area contributed by atoms with Crippen molar-refractivity contribution >= 4 is 28.3 Å². The molecule has 0 saturated carbocycles. The van der Waals surface area contributed by atoms with Crippen LogP contribution in [0.25, 0.3) is 11.0 Å². The summed E-state index contributed by atoms with van der Waals surface area (Å²) in [4.78, 5) is 14.9. The van der Waals surface area contributed by atoms with Crippen molar-refractivity contribution in [2.45, 2.75) is 12.8 Å². The van der Waals surface area contributed by atoms with Gasteiger partial charge in [-0.25, -0.2) is 0 Å². The maximum Gasteiger partial charge on any atom is 0.291 e. The highest BCUT2D eigenvalue weighted by molar-refractivity contribution is 6.05. The van der Waals surface area contributed by atoms with Gasteiger partial charge in [0.25, 0.3) is 5.91 Å². The second-order valence-corrected chi connectivity index (χ2v) is 6.19. The number of carbonyl (C=O) groups excluding carboxylic acids is 1. The molecule has 0 unspecified atom stereocenters. The van der Waals surface area contributed by atoms with Gasteiger partial charge in [0.2, 0.25) is 0 Å². The Morgan fingerprint density at radius 1 is 1.12 bits per heavy atom. The lowest BCUT2D eigenvalue weighted by molar-refractivity contribution is 0.0998. The van der Waals surface area contributed by atoms with Gasteiger partial charge in [-0.2, -0.15) is 0 Å². The summed E-state index contributed by atoms with van der Waals surface area (Å²) in [5.41, 5.74) is 2.49. The molecule has 2 heterocycles. The minimum absolute atomic E-state index is 0.267. The van der Waals surface area contributed by atoms with Crippen LogP contribution in [0.4, 0.5) is 11.4 Å². The number of amides is 1. The Bertz CT molecular complexity index is 910. The fraction of sp³-hybridized carbons (Fsp3) is 0.250. The fourth-order valence-corrected chi connectivity index (χ4v) is 3.26. The number of fused-ring (bicyclic) bond motifs is 1. The van der Waals surface area contributed by atoms with Crippen LogP contribution in [0.3, 0.4) is 0 Å². The molecule has 25 heavy (non-hydrogen) atoms. The Morgan fingerprint density at radius 3 is 2.72 bits per heavy atom. The van der Waals surface area contributed by atoms with Gasteiger partial charge in [-0.3, -0.25) is 4.79 Å². The highest BCUT2D eigenvalue weighted by atomic mass is 16.5. The smallest absolute Gasteiger partial charge is 0.291 e. The van der Waals surface area contributed by atoms with Crippen molar-refractivity contribution < 1.29 is 13.9 Å². The third-order valence-corrected chi connectivity index (χ3v) is 4.53. The van der Waals surface area contributed by atoms with Crippen molar-refractivity contribution in [2.24, 2.45) is 0 Å². The van der Waals surface area contributed by atoms with Gasteiger partial charge in [0.05, 0.1) is 7.11 Å². The van der Waals surface area contributed by atoms with Crippen LogP contribution in [0.1, 0.15) is 23.4 Å². The summed E-state index contributed by atoms with van der Waals surface area (Å²) in [5.74, 6) is 0.621. The number of methoxy groups -OCH3 is 1. The van der Waals surface area contributed by atoms with E-state index >= 15 is 0 Å². The van der Waals surface area contributed by atoms with E-state index in [2.05, 4.69) is 16.3 Å². The first kappa shape index (κ1) is 15.6. The normalized spacial score (nSPS) is 14.0. The monoisotopic (exact) mass is 336 g/mol. The Morgan fingerprint density at radius 2 is 1.92 bits per heavy atom. The van der Waals surface area contributed by atoms with E-state index in [1.54, 1.807) is 13.2 Å². The molecule has 5 nitrogen and oxygen atoms in total. The standard InChI is InChI=1S/C20H20N2O3/c1-24-17-9-4-6-14-12-18(25-19(14)17)20(23)21-15-7-5-8-16(13-15)22-10-2-3-11-22/h4-9,12-13H,2-3,10-11H2,1H3,(H,21,23). The molecule has 1 aliphatic rings. The average molecular weight is 336 g/mol. The summed E-state index contributed by atoms with van der Waals surface area (Å²) in [7, 11) is 1.58. The van der Waals surface area contributed by atoms with Gasteiger partial charge in [0, 0.05) is 29.9 Å². The lowest BCUT2D eigenvalue weighted by Crippen LogP contribution is -2.18. The van der Waals surface area contributed by atoms with Gasteiger partial charge >= 0.3 is 0 Å². The van der Waals surface area contributed by atoms with Crippen LogP contribution in [0, 0.1) is 0 Å². The molecule has 5 heteroatoms. The van der Waals surface area contributed by atoms with Crippen LogP contribution in [0.15, 0.2) is 52.9 Å². The molecular weight excluding hydrogens is 316 g/mol. The van der Waals surface area contributed by atoms with E-state index in [9.17, 15) is 4.79 Å². The Balaban J connectivity index is 1.57. The van der Waals surface area contributed by atoms with Crippen molar-refractivity contribution in [3.8, 4) is 5.75 Å². The summed E-state index contributed by atoms with van der Waals surface area (Å²) in [6.07, 6.45) is 2.44. The quantitative estimate of drug-likeness (QED) is 0.772. The summed E-state index contributed by atoms with van der Waals surface area (Å²) in [5, 5.41) is 3.76. The molecular formula is C20H20N2O3. The number of nitrogens with zero attached hydrogens (tertiary/aromatic N) is 1. The molecule has 1 amide bonds. The van der Waals surface area contributed by atoms with Crippen molar-refractivity contribution in [3.05, 3.63) is 54.3 Å². The molecule has 128 valence electrons. The summed E-state index contributed by atoms with van der Waals surface area (Å²) >= 11 is 0. The molecule has 1 saturated heterocycles. The van der Waals surface area contributed by atoms with Gasteiger partial charge in [0.15, 0.2) is 17.1 Å². The Labute approximate surface area is 146 Å². The zero-order chi connectivity index (χ0) is 17.2. The molecule has 1 fully saturated rings. The zero-order valence-corrected chi connectivity index (χ0v) is 14.1. The molecule has 0 radical (unpaired) electrons. The molecule has 0 spiro atoms. The number of furan rings is 1. The number of nitrogens with one attached hydrogen (secondary N) is 1. The van der Waals surface area contributed by atoms with E-state index in [1.165, 1.54) is 12.8 Å². The summed E-state index contributed by atoms with van der Waals surface area (Å²) in [6, 6.07) is 15.2. The van der Waals surface area contributed by atoms with Crippen molar-refractivity contribution in [1.82, 2.24) is 0 Å². The van der Waals surface area contributed by atoms with Crippen molar-refractivity contribution in [2.75, 3.05) is 30.4 Å². The molecule has 2 aromatic carbocycles. The first-order chi connectivity index (χ1) is 12.2. The van der Waals surface area contributed by atoms with Crippen molar-refractivity contribution in [3.63, 3.8) is 0 Å². The van der Waals surface area contributed by atoms with Gasteiger partial charge in [-0.15, -0.1) is 0 Å². The van der Waals surface area contributed by atoms with Gasteiger partial charge in [-0.1, -0.05) is 18.2 Å². The number of anilines is 2. The SMILES string of the molecule is COc1cccc2cc(C(=O)Nc3cccc(N4CCCC4)c3)oc12. The number of benzene rings is 2. The van der Waals surface area contributed by atoms with Gasteiger partial charge in [-0.05, 0) is 43.2 Å². The highest BCUT2D eigenvalue weighted by Crippen LogP contribution is 2.29. The minimum Gasteiger partial charge on any atom is -0.493 e. The summed E-state index contributed by atoms with van der Waals surface area (Å²) < 4.78 is 11.0. The summed E-state index contributed by atoms with van der Waals surface area (Å²) in [6.45, 7) is 2.14. The zero-order valence-electron chi connectivity index (χ0n) is 14.1. The number of para-hydroxylation sites is 1. The number of hydrogen-bond acceptors (Lipinski definition) is 4. The molecule has 1 aliphatic heterocycles. The fourth-order valence-electron chi connectivity index (χ4n) is 3.26. The number of ether oxygens (including phenoxy) is 1. The minimum atomic E-state index is -0.267. The maximum atomic E-state index is 12.6.